The summed E-state index contributed by atoms with van der Waals surface area (Å²) in [7, 11) is 3.75. The zero-order valence-electron chi connectivity index (χ0n) is 13.0. The molecule has 1 N–H and O–H groups in total. The number of carbonyl (C=O) groups is 1. The van der Waals surface area contributed by atoms with E-state index < -0.39 is 5.97 Å². The normalized spacial score (nSPS) is 18.4. The van der Waals surface area contributed by atoms with E-state index in [0.717, 1.165) is 43.1 Å². The number of carboxylic acid groups (broad SMARTS) is 1. The number of hydrogen-bond donors (Lipinski definition) is 1. The fourth-order valence-corrected chi connectivity index (χ4v) is 2.87. The highest BCUT2D eigenvalue weighted by Crippen LogP contribution is 2.29. The largest absolute Gasteiger partial charge is 0.496 e. The first-order valence-electron chi connectivity index (χ1n) is 7.30. The van der Waals surface area contributed by atoms with Gasteiger partial charge in [-0.15, -0.1) is 0 Å². The standard InChI is InChI=1S/C16H24N2O3/c1-12-10-13(4-5-15(12)21-3)14(11-16(19)20)18-8-6-17(2)7-9-18/h4-5,10,14H,6-9,11H2,1-3H3,(H,19,20). The van der Waals surface area contributed by atoms with Crippen LogP contribution in [-0.2, 0) is 4.79 Å². The summed E-state index contributed by atoms with van der Waals surface area (Å²) in [4.78, 5) is 15.8. The Balaban J connectivity index is 2.23. The average Bonchev–Trinajstić information content (AvgIpc) is 2.45. The smallest absolute Gasteiger partial charge is 0.305 e. The molecular formula is C16H24N2O3. The lowest BCUT2D eigenvalue weighted by Crippen LogP contribution is -2.46. The van der Waals surface area contributed by atoms with Crippen LogP contribution >= 0.6 is 0 Å². The summed E-state index contributed by atoms with van der Waals surface area (Å²) < 4.78 is 5.28. The lowest BCUT2D eigenvalue weighted by molar-refractivity contribution is -0.138. The van der Waals surface area contributed by atoms with Gasteiger partial charge in [0.05, 0.1) is 13.5 Å². The van der Waals surface area contributed by atoms with Gasteiger partial charge in [0.2, 0.25) is 0 Å². The Bertz CT molecular complexity index is 496. The predicted molar refractivity (Wildman–Crippen MR) is 81.8 cm³/mol. The molecule has 1 fully saturated rings. The topological polar surface area (TPSA) is 53.0 Å². The quantitative estimate of drug-likeness (QED) is 0.896. The van der Waals surface area contributed by atoms with Crippen molar-refractivity contribution >= 4 is 5.97 Å². The molecule has 21 heavy (non-hydrogen) atoms. The van der Waals surface area contributed by atoms with Crippen molar-refractivity contribution in [3.05, 3.63) is 29.3 Å². The first-order chi connectivity index (χ1) is 10.0. The molecule has 116 valence electrons. The summed E-state index contributed by atoms with van der Waals surface area (Å²) in [5.41, 5.74) is 2.10. The van der Waals surface area contributed by atoms with Crippen molar-refractivity contribution in [1.82, 2.24) is 9.80 Å². The second-order valence-electron chi connectivity index (χ2n) is 5.68. The van der Waals surface area contributed by atoms with Crippen LogP contribution in [0.15, 0.2) is 18.2 Å². The van der Waals surface area contributed by atoms with Crippen molar-refractivity contribution in [2.24, 2.45) is 0 Å². The minimum Gasteiger partial charge on any atom is -0.496 e. The molecule has 1 heterocycles. The van der Waals surface area contributed by atoms with Gasteiger partial charge in [-0.2, -0.15) is 0 Å². The lowest BCUT2D eigenvalue weighted by Gasteiger charge is -2.37. The van der Waals surface area contributed by atoms with Gasteiger partial charge < -0.3 is 14.7 Å². The number of ether oxygens (including phenoxy) is 1. The van der Waals surface area contributed by atoms with Crippen molar-refractivity contribution in [3.8, 4) is 5.75 Å². The number of benzene rings is 1. The summed E-state index contributed by atoms with van der Waals surface area (Å²) in [6.07, 6.45) is 0.134. The third-order valence-electron chi connectivity index (χ3n) is 4.15. The molecule has 1 unspecified atom stereocenters. The first-order valence-corrected chi connectivity index (χ1v) is 7.30. The van der Waals surface area contributed by atoms with Gasteiger partial charge in [0.25, 0.3) is 0 Å². The molecule has 1 atom stereocenters. The van der Waals surface area contributed by atoms with Crippen molar-refractivity contribution in [2.45, 2.75) is 19.4 Å². The van der Waals surface area contributed by atoms with Crippen molar-refractivity contribution in [1.29, 1.82) is 0 Å². The second-order valence-corrected chi connectivity index (χ2v) is 5.68. The van der Waals surface area contributed by atoms with Crippen LogP contribution in [-0.4, -0.2) is 61.2 Å². The van der Waals surface area contributed by atoms with Gasteiger partial charge in [-0.25, -0.2) is 0 Å². The second kappa shape index (κ2) is 6.91. The molecule has 1 saturated heterocycles. The van der Waals surface area contributed by atoms with Gasteiger partial charge in [0.15, 0.2) is 0 Å². The van der Waals surface area contributed by atoms with E-state index in [4.69, 9.17) is 4.74 Å². The highest BCUT2D eigenvalue weighted by molar-refractivity contribution is 5.68. The zero-order chi connectivity index (χ0) is 15.4. The molecule has 0 aliphatic carbocycles. The van der Waals surface area contributed by atoms with Crippen LogP contribution in [0.2, 0.25) is 0 Å². The van der Waals surface area contributed by atoms with Crippen LogP contribution in [0.5, 0.6) is 5.75 Å². The van der Waals surface area contributed by atoms with Crippen LogP contribution in [0, 0.1) is 6.92 Å². The number of rotatable bonds is 5. The minimum atomic E-state index is -0.757. The highest BCUT2D eigenvalue weighted by Gasteiger charge is 2.26. The number of carboxylic acids is 1. The van der Waals surface area contributed by atoms with Gasteiger partial charge >= 0.3 is 5.97 Å². The van der Waals surface area contributed by atoms with Gasteiger partial charge in [0.1, 0.15) is 5.75 Å². The monoisotopic (exact) mass is 292 g/mol. The zero-order valence-corrected chi connectivity index (χ0v) is 13.0. The molecule has 0 bridgehead atoms. The van der Waals surface area contributed by atoms with Gasteiger partial charge in [-0.05, 0) is 31.2 Å². The number of piperazine rings is 1. The van der Waals surface area contributed by atoms with Crippen LogP contribution < -0.4 is 4.74 Å². The molecular weight excluding hydrogens is 268 g/mol. The molecule has 1 aliphatic heterocycles. The fourth-order valence-electron chi connectivity index (χ4n) is 2.87. The molecule has 0 saturated carbocycles. The Morgan fingerprint density at radius 3 is 2.52 bits per heavy atom. The number of nitrogens with zero attached hydrogens (tertiary/aromatic N) is 2. The Labute approximate surface area is 126 Å². The molecule has 5 nitrogen and oxygen atoms in total. The van der Waals surface area contributed by atoms with Crippen LogP contribution in [0.4, 0.5) is 0 Å². The maximum Gasteiger partial charge on any atom is 0.305 e. The number of likely N-dealkylation sites (N-methyl/N-ethyl adjacent to an activating group) is 1. The van der Waals surface area contributed by atoms with Crippen LogP contribution in [0.1, 0.15) is 23.6 Å². The summed E-state index contributed by atoms with van der Waals surface area (Å²) in [5.74, 6) is 0.0820. The summed E-state index contributed by atoms with van der Waals surface area (Å²) in [6.45, 7) is 5.75. The molecule has 0 radical (unpaired) electrons. The summed E-state index contributed by atoms with van der Waals surface area (Å²) in [6, 6.07) is 5.89. The number of hydrogen-bond acceptors (Lipinski definition) is 4. The third kappa shape index (κ3) is 3.95. The maximum absolute atomic E-state index is 11.2. The SMILES string of the molecule is COc1ccc(C(CC(=O)O)N2CCN(C)CC2)cc1C. The highest BCUT2D eigenvalue weighted by atomic mass is 16.5. The number of aliphatic carboxylic acids is 1. The number of methoxy groups -OCH3 is 1. The van der Waals surface area contributed by atoms with Crippen LogP contribution in [0.3, 0.4) is 0 Å². The molecule has 1 aliphatic rings. The maximum atomic E-state index is 11.2. The van der Waals surface area contributed by atoms with E-state index in [0.29, 0.717) is 0 Å². The van der Waals surface area contributed by atoms with E-state index in [2.05, 4.69) is 16.8 Å². The van der Waals surface area contributed by atoms with Crippen molar-refractivity contribution < 1.29 is 14.6 Å². The molecule has 0 aromatic heterocycles. The lowest BCUT2D eigenvalue weighted by atomic mass is 9.99. The molecule has 0 spiro atoms. The summed E-state index contributed by atoms with van der Waals surface area (Å²) >= 11 is 0. The van der Waals surface area contributed by atoms with E-state index in [9.17, 15) is 9.90 Å². The first kappa shape index (κ1) is 15.8. The predicted octanol–water partition coefficient (Wildman–Crippen LogP) is 1.77. The number of aryl methyl sites for hydroxylation is 1. The van der Waals surface area contributed by atoms with E-state index in [-0.39, 0.29) is 12.5 Å². The molecule has 1 aromatic carbocycles. The minimum absolute atomic E-state index is 0.0687. The Kier molecular flexibility index (Phi) is 5.20. The molecule has 5 heteroatoms. The van der Waals surface area contributed by atoms with Gasteiger partial charge in [0, 0.05) is 32.2 Å². The molecule has 1 aromatic rings. The Morgan fingerprint density at radius 1 is 1.33 bits per heavy atom. The van der Waals surface area contributed by atoms with E-state index in [1.54, 1.807) is 7.11 Å². The van der Waals surface area contributed by atoms with Gasteiger partial charge in [-0.3, -0.25) is 9.69 Å². The fraction of sp³-hybridized carbons (Fsp3) is 0.562. The summed E-state index contributed by atoms with van der Waals surface area (Å²) in [5, 5.41) is 9.24. The van der Waals surface area contributed by atoms with E-state index >= 15 is 0 Å². The molecule has 2 rings (SSSR count). The van der Waals surface area contributed by atoms with Gasteiger partial charge in [-0.1, -0.05) is 12.1 Å². The van der Waals surface area contributed by atoms with E-state index in [1.807, 2.05) is 25.1 Å². The Hall–Kier alpha value is -1.59. The average molecular weight is 292 g/mol. The van der Waals surface area contributed by atoms with Crippen molar-refractivity contribution in [3.63, 3.8) is 0 Å². The Morgan fingerprint density at radius 2 is 2.00 bits per heavy atom. The third-order valence-corrected chi connectivity index (χ3v) is 4.15. The van der Waals surface area contributed by atoms with Crippen molar-refractivity contribution in [2.75, 3.05) is 40.3 Å². The van der Waals surface area contributed by atoms with Crippen LogP contribution in [0.25, 0.3) is 0 Å². The molecule has 0 amide bonds. The van der Waals surface area contributed by atoms with E-state index in [1.165, 1.54) is 0 Å².